The molecule has 1 aromatic rings. The fourth-order valence-electron chi connectivity index (χ4n) is 1.65. The lowest BCUT2D eigenvalue weighted by atomic mass is 10.2. The smallest absolute Gasteiger partial charge is 0.330 e. The lowest BCUT2D eigenvalue weighted by Gasteiger charge is -2.14. The number of aliphatic hydroxyl groups is 1. The highest BCUT2D eigenvalue weighted by Gasteiger charge is 2.43. The van der Waals surface area contributed by atoms with E-state index in [0.717, 1.165) is 16.8 Å². The molecule has 1 saturated heterocycles. The number of hydrogen-bond acceptors (Lipinski definition) is 4. The Morgan fingerprint density at radius 3 is 2.75 bits per heavy atom. The van der Waals surface area contributed by atoms with Crippen molar-refractivity contribution in [1.29, 1.82) is 0 Å². The molecule has 0 saturated carbocycles. The van der Waals surface area contributed by atoms with E-state index in [4.69, 9.17) is 4.74 Å². The van der Waals surface area contributed by atoms with Gasteiger partial charge in [-0.05, 0) is 6.92 Å². The van der Waals surface area contributed by atoms with Crippen LogP contribution in [0.15, 0.2) is 21.9 Å². The van der Waals surface area contributed by atoms with E-state index in [1.165, 1.54) is 6.92 Å². The quantitative estimate of drug-likeness (QED) is 0.658. The van der Waals surface area contributed by atoms with Gasteiger partial charge in [-0.1, -0.05) is 0 Å². The molecule has 2 heterocycles. The van der Waals surface area contributed by atoms with E-state index in [0.29, 0.717) is 0 Å². The summed E-state index contributed by atoms with van der Waals surface area (Å²) >= 11 is 0. The molecule has 1 aliphatic rings. The average Bonchev–Trinajstić information content (AvgIpc) is 2.46. The van der Waals surface area contributed by atoms with Crippen LogP contribution in [-0.2, 0) is 4.74 Å². The maximum atomic E-state index is 13.6. The number of halogens is 1. The van der Waals surface area contributed by atoms with Crippen molar-refractivity contribution < 1.29 is 14.2 Å². The molecule has 0 spiro atoms. The number of hydrogen-bond donors (Lipinski definition) is 2. The molecule has 2 rings (SSSR count). The van der Waals surface area contributed by atoms with E-state index in [9.17, 15) is 19.1 Å². The van der Waals surface area contributed by atoms with Crippen LogP contribution in [0.5, 0.6) is 0 Å². The van der Waals surface area contributed by atoms with Gasteiger partial charge < -0.3 is 9.84 Å². The lowest BCUT2D eigenvalue weighted by molar-refractivity contribution is -0.0185. The molecule has 6 nitrogen and oxygen atoms in total. The zero-order chi connectivity index (χ0) is 11.9. The zero-order valence-corrected chi connectivity index (χ0v) is 8.46. The summed E-state index contributed by atoms with van der Waals surface area (Å²) in [6, 6.07) is 1.09. The van der Waals surface area contributed by atoms with E-state index < -0.39 is 35.9 Å². The third-order valence-corrected chi connectivity index (χ3v) is 2.56. The third-order valence-electron chi connectivity index (χ3n) is 2.56. The minimum atomic E-state index is -1.70. The molecule has 4 atom stereocenters. The highest BCUT2D eigenvalue weighted by Crippen LogP contribution is 2.30. The fraction of sp³-hybridized carbons (Fsp3) is 0.556. The van der Waals surface area contributed by atoms with Crippen LogP contribution >= 0.6 is 0 Å². The van der Waals surface area contributed by atoms with Gasteiger partial charge in [-0.25, -0.2) is 9.18 Å². The molecule has 0 amide bonds. The van der Waals surface area contributed by atoms with Crippen molar-refractivity contribution in [2.24, 2.45) is 0 Å². The Hall–Kier alpha value is -1.47. The molecule has 7 heteroatoms. The van der Waals surface area contributed by atoms with Crippen LogP contribution in [0.1, 0.15) is 13.2 Å². The lowest BCUT2D eigenvalue weighted by Crippen LogP contribution is -2.35. The minimum absolute atomic E-state index is 0.566. The van der Waals surface area contributed by atoms with Crippen LogP contribution in [0, 0.1) is 0 Å². The summed E-state index contributed by atoms with van der Waals surface area (Å²) in [6.07, 6.45) is -3.72. The minimum Gasteiger partial charge on any atom is -0.387 e. The Morgan fingerprint density at radius 1 is 1.56 bits per heavy atom. The van der Waals surface area contributed by atoms with Gasteiger partial charge >= 0.3 is 5.69 Å². The van der Waals surface area contributed by atoms with Crippen LogP contribution < -0.4 is 11.2 Å². The van der Waals surface area contributed by atoms with E-state index in [1.807, 2.05) is 4.98 Å². The van der Waals surface area contributed by atoms with Gasteiger partial charge in [0.05, 0.1) is 6.10 Å². The molecular formula is C9H11FN2O4. The van der Waals surface area contributed by atoms with Gasteiger partial charge in [0.1, 0.15) is 6.10 Å². The van der Waals surface area contributed by atoms with Crippen molar-refractivity contribution in [3.05, 3.63) is 33.1 Å². The summed E-state index contributed by atoms with van der Waals surface area (Å²) < 4.78 is 19.6. The van der Waals surface area contributed by atoms with Crippen LogP contribution in [0.25, 0.3) is 0 Å². The molecule has 1 aliphatic heterocycles. The zero-order valence-electron chi connectivity index (χ0n) is 8.46. The summed E-state index contributed by atoms with van der Waals surface area (Å²) in [7, 11) is 0. The normalized spacial score (nSPS) is 34.2. The molecular weight excluding hydrogens is 219 g/mol. The van der Waals surface area contributed by atoms with Gasteiger partial charge in [-0.15, -0.1) is 0 Å². The Kier molecular flexibility index (Phi) is 2.64. The Balaban J connectivity index is 2.39. The van der Waals surface area contributed by atoms with Crippen molar-refractivity contribution in [3.8, 4) is 0 Å². The summed E-state index contributed by atoms with van der Waals surface area (Å²) in [5.74, 6) is 0. The number of aromatic nitrogens is 2. The fourth-order valence-corrected chi connectivity index (χ4v) is 1.65. The summed E-state index contributed by atoms with van der Waals surface area (Å²) in [6.45, 7) is 1.51. The second-order valence-corrected chi connectivity index (χ2v) is 3.68. The number of aromatic amines is 1. The maximum Gasteiger partial charge on any atom is 0.330 e. The summed E-state index contributed by atoms with van der Waals surface area (Å²) in [4.78, 5) is 24.2. The number of ether oxygens (including phenoxy) is 1. The van der Waals surface area contributed by atoms with Crippen LogP contribution in [-0.4, -0.2) is 33.0 Å². The number of nitrogens with one attached hydrogen (secondary N) is 1. The van der Waals surface area contributed by atoms with Gasteiger partial charge in [-0.3, -0.25) is 14.3 Å². The highest BCUT2D eigenvalue weighted by molar-refractivity contribution is 4.92. The van der Waals surface area contributed by atoms with E-state index in [1.54, 1.807) is 0 Å². The molecule has 0 aliphatic carbocycles. The van der Waals surface area contributed by atoms with Gasteiger partial charge in [0.25, 0.3) is 5.56 Å². The number of alkyl halides is 1. The van der Waals surface area contributed by atoms with Crippen LogP contribution in [0.3, 0.4) is 0 Å². The summed E-state index contributed by atoms with van der Waals surface area (Å²) in [5.41, 5.74) is -1.33. The highest BCUT2D eigenvalue weighted by atomic mass is 19.1. The Bertz CT molecular complexity index is 497. The van der Waals surface area contributed by atoms with Crippen molar-refractivity contribution >= 4 is 0 Å². The first-order valence-corrected chi connectivity index (χ1v) is 4.80. The molecule has 0 bridgehead atoms. The molecule has 1 fully saturated rings. The monoisotopic (exact) mass is 230 g/mol. The topological polar surface area (TPSA) is 84.3 Å². The van der Waals surface area contributed by atoms with Crippen molar-refractivity contribution in [2.75, 3.05) is 0 Å². The molecule has 16 heavy (non-hydrogen) atoms. The molecule has 1 aromatic heterocycles. The van der Waals surface area contributed by atoms with E-state index in [2.05, 4.69) is 0 Å². The Morgan fingerprint density at radius 2 is 2.25 bits per heavy atom. The van der Waals surface area contributed by atoms with Crippen molar-refractivity contribution in [1.82, 2.24) is 9.55 Å². The summed E-state index contributed by atoms with van der Waals surface area (Å²) in [5, 5.41) is 9.36. The average molecular weight is 230 g/mol. The standard InChI is InChI=1S/C9H11FN2O4/c1-4-7(14)6(10)8(16-4)12-3-2-5(13)11-9(12)15/h2-4,6-8,14H,1H3,(H,11,13,15)/t4-,6?,7?,8-/m0/s1. The maximum absolute atomic E-state index is 13.6. The van der Waals surface area contributed by atoms with Crippen LogP contribution in [0.2, 0.25) is 0 Å². The van der Waals surface area contributed by atoms with Gasteiger partial charge in [0, 0.05) is 12.3 Å². The predicted octanol–water partition coefficient (Wildman–Crippen LogP) is -0.847. The molecule has 0 aromatic carbocycles. The van der Waals surface area contributed by atoms with E-state index >= 15 is 0 Å². The molecule has 0 radical (unpaired) electrons. The first-order valence-electron chi connectivity index (χ1n) is 4.80. The van der Waals surface area contributed by atoms with Gasteiger partial charge in [0.15, 0.2) is 12.4 Å². The SMILES string of the molecule is C[C@@H]1O[C@H](n2ccc(=O)[nH]c2=O)C(F)C1O. The Labute approximate surface area is 89.3 Å². The van der Waals surface area contributed by atoms with Crippen LogP contribution in [0.4, 0.5) is 4.39 Å². The van der Waals surface area contributed by atoms with Crippen molar-refractivity contribution in [2.45, 2.75) is 31.5 Å². The van der Waals surface area contributed by atoms with Gasteiger partial charge in [-0.2, -0.15) is 0 Å². The number of H-pyrrole nitrogens is 1. The molecule has 2 unspecified atom stereocenters. The second kappa shape index (κ2) is 3.84. The largest absolute Gasteiger partial charge is 0.387 e. The number of rotatable bonds is 1. The second-order valence-electron chi connectivity index (χ2n) is 3.68. The predicted molar refractivity (Wildman–Crippen MR) is 51.8 cm³/mol. The van der Waals surface area contributed by atoms with Gasteiger partial charge in [0.2, 0.25) is 0 Å². The van der Waals surface area contributed by atoms with Crippen molar-refractivity contribution in [3.63, 3.8) is 0 Å². The van der Waals surface area contributed by atoms with E-state index in [-0.39, 0.29) is 0 Å². The first kappa shape index (κ1) is 11.0. The number of nitrogens with zero attached hydrogens (tertiary/aromatic N) is 1. The molecule has 2 N–H and O–H groups in total. The number of aliphatic hydroxyl groups excluding tert-OH is 1. The molecule has 88 valence electrons. The first-order chi connectivity index (χ1) is 7.50. The third kappa shape index (κ3) is 1.68.